The van der Waals surface area contributed by atoms with Gasteiger partial charge in [-0.05, 0) is 26.0 Å². The van der Waals surface area contributed by atoms with E-state index in [1.165, 1.54) is 44.9 Å². The zero-order chi connectivity index (χ0) is 24.2. The maximum atomic E-state index is 13.0. The Morgan fingerprint density at radius 1 is 1.12 bits per heavy atom. The lowest BCUT2D eigenvalue weighted by molar-refractivity contribution is -0.127. The third kappa shape index (κ3) is 6.19. The van der Waals surface area contributed by atoms with Crippen molar-refractivity contribution in [1.29, 1.82) is 0 Å². The molecular weight excluding hydrogens is 460 g/mol. The van der Waals surface area contributed by atoms with E-state index in [0.717, 1.165) is 0 Å². The Labute approximate surface area is 192 Å². The van der Waals surface area contributed by atoms with E-state index in [2.05, 4.69) is 4.74 Å². The van der Waals surface area contributed by atoms with Crippen LogP contribution in [0.1, 0.15) is 19.4 Å². The molecule has 2 saturated heterocycles. The first-order valence-electron chi connectivity index (χ1n) is 10.6. The van der Waals surface area contributed by atoms with Gasteiger partial charge in [-0.15, -0.1) is 0 Å². The van der Waals surface area contributed by atoms with E-state index in [-0.39, 0.29) is 74.4 Å². The molecule has 0 radical (unpaired) electrons. The van der Waals surface area contributed by atoms with Crippen LogP contribution in [0.2, 0.25) is 0 Å². The number of carbonyl (C=O) groups is 1. The molecule has 2 heterocycles. The zero-order valence-electron chi connectivity index (χ0n) is 18.8. The second-order valence-corrected chi connectivity index (χ2v) is 9.83. The minimum atomic E-state index is -3.65. The Balaban J connectivity index is 1.63. The van der Waals surface area contributed by atoms with E-state index in [1.807, 2.05) is 13.8 Å². The summed E-state index contributed by atoms with van der Waals surface area (Å²) < 4.78 is 69.6. The first-order valence-corrected chi connectivity index (χ1v) is 12.0. The Kier molecular flexibility index (Phi) is 8.27. The van der Waals surface area contributed by atoms with E-state index in [4.69, 9.17) is 9.47 Å². The number of piperazine rings is 1. The molecule has 3 rings (SSSR count). The van der Waals surface area contributed by atoms with Crippen LogP contribution in [0.5, 0.6) is 11.5 Å². The minimum Gasteiger partial charge on any atom is -0.493 e. The molecule has 2 unspecified atom stereocenters. The molecule has 0 spiro atoms. The Morgan fingerprint density at radius 2 is 1.76 bits per heavy atom. The largest absolute Gasteiger partial charge is 0.493 e. The van der Waals surface area contributed by atoms with Crippen molar-refractivity contribution in [3.05, 3.63) is 29.8 Å². The Hall–Kier alpha value is -2.28. The molecule has 1 aromatic rings. The summed E-state index contributed by atoms with van der Waals surface area (Å²) in [6.45, 7) is 1.98. The van der Waals surface area contributed by atoms with Crippen molar-refractivity contribution in [3.63, 3.8) is 0 Å². The molecule has 2 atom stereocenters. The number of morpholine rings is 1. The molecule has 2 aliphatic rings. The van der Waals surface area contributed by atoms with Crippen LogP contribution in [0.4, 0.5) is 8.78 Å². The lowest BCUT2D eigenvalue weighted by Gasteiger charge is -2.40. The Morgan fingerprint density at radius 3 is 2.33 bits per heavy atom. The highest BCUT2D eigenvalue weighted by Crippen LogP contribution is 2.33. The summed E-state index contributed by atoms with van der Waals surface area (Å²) in [6.07, 6.45) is 2.25. The van der Waals surface area contributed by atoms with Crippen LogP contribution in [0, 0.1) is 0 Å². The van der Waals surface area contributed by atoms with Crippen LogP contribution in [0.3, 0.4) is 0 Å². The molecule has 0 N–H and O–H groups in total. The van der Waals surface area contributed by atoms with E-state index >= 15 is 0 Å². The number of carbonyl (C=O) groups excluding carboxylic acids is 1. The molecule has 12 heteroatoms. The molecule has 0 saturated carbocycles. The SMILES string of the molecule is COc1cccc(/C=C/C(=O)N2CCN(S(=O)(=O)N3CC(C)OC(C)C3)CC2)c1OC(F)F. The molecule has 33 heavy (non-hydrogen) atoms. The third-order valence-corrected chi connectivity index (χ3v) is 7.40. The normalized spacial score (nSPS) is 23.3. The topological polar surface area (TPSA) is 88.6 Å². The number of benzene rings is 1. The van der Waals surface area contributed by atoms with Crippen molar-refractivity contribution in [3.8, 4) is 11.5 Å². The maximum Gasteiger partial charge on any atom is 0.387 e. The van der Waals surface area contributed by atoms with Gasteiger partial charge in [-0.25, -0.2) is 0 Å². The van der Waals surface area contributed by atoms with Crippen molar-refractivity contribution in [2.75, 3.05) is 46.4 Å². The summed E-state index contributed by atoms with van der Waals surface area (Å²) in [5.41, 5.74) is 0.264. The minimum absolute atomic E-state index is 0.121. The summed E-state index contributed by atoms with van der Waals surface area (Å²) in [4.78, 5) is 14.1. The molecule has 0 aliphatic carbocycles. The van der Waals surface area contributed by atoms with Crippen LogP contribution in [0.15, 0.2) is 24.3 Å². The van der Waals surface area contributed by atoms with Gasteiger partial charge in [-0.3, -0.25) is 4.79 Å². The van der Waals surface area contributed by atoms with Gasteiger partial charge in [-0.1, -0.05) is 12.1 Å². The van der Waals surface area contributed by atoms with E-state index in [1.54, 1.807) is 6.07 Å². The summed E-state index contributed by atoms with van der Waals surface area (Å²) >= 11 is 0. The smallest absolute Gasteiger partial charge is 0.387 e. The van der Waals surface area contributed by atoms with Gasteiger partial charge in [0.25, 0.3) is 10.2 Å². The number of ether oxygens (including phenoxy) is 3. The lowest BCUT2D eigenvalue weighted by atomic mass is 10.1. The fraction of sp³-hybridized carbons (Fsp3) is 0.571. The highest BCUT2D eigenvalue weighted by molar-refractivity contribution is 7.86. The van der Waals surface area contributed by atoms with Crippen molar-refractivity contribution >= 4 is 22.2 Å². The van der Waals surface area contributed by atoms with Crippen LogP contribution >= 0.6 is 0 Å². The number of halogens is 2. The fourth-order valence-electron chi connectivity index (χ4n) is 3.93. The monoisotopic (exact) mass is 489 g/mol. The highest BCUT2D eigenvalue weighted by Gasteiger charge is 2.37. The van der Waals surface area contributed by atoms with Gasteiger partial charge in [0.2, 0.25) is 5.91 Å². The van der Waals surface area contributed by atoms with E-state index in [9.17, 15) is 22.0 Å². The molecule has 2 aliphatic heterocycles. The Bertz CT molecular complexity index is 957. The number of rotatable bonds is 7. The van der Waals surface area contributed by atoms with Gasteiger partial charge in [0.05, 0.1) is 19.3 Å². The second-order valence-electron chi connectivity index (χ2n) is 7.90. The molecule has 184 valence electrons. The standard InChI is InChI=1S/C21H29F2N3O6S/c1-15-13-26(14-16(2)31-15)33(28,29)25-11-9-24(10-12-25)19(27)8-7-17-5-4-6-18(30-3)20(17)32-21(22)23/h4-8,15-16,21H,9-14H2,1-3H3/b8-7+. The molecule has 0 aromatic heterocycles. The third-order valence-electron chi connectivity index (χ3n) is 5.43. The van der Waals surface area contributed by atoms with E-state index < -0.39 is 16.8 Å². The van der Waals surface area contributed by atoms with E-state index in [0.29, 0.717) is 0 Å². The highest BCUT2D eigenvalue weighted by atomic mass is 32.2. The number of para-hydroxylation sites is 1. The van der Waals surface area contributed by atoms with Gasteiger partial charge in [0, 0.05) is 50.9 Å². The molecule has 0 bridgehead atoms. The van der Waals surface area contributed by atoms with Crippen molar-refractivity contribution in [2.45, 2.75) is 32.7 Å². The molecule has 2 fully saturated rings. The molecule has 1 aromatic carbocycles. The average molecular weight is 490 g/mol. The molecular formula is C21H29F2N3O6S. The number of amides is 1. The van der Waals surface area contributed by atoms with Crippen LogP contribution in [-0.2, 0) is 19.7 Å². The zero-order valence-corrected chi connectivity index (χ0v) is 19.6. The van der Waals surface area contributed by atoms with Crippen LogP contribution in [0.25, 0.3) is 6.08 Å². The van der Waals surface area contributed by atoms with Gasteiger partial charge >= 0.3 is 6.61 Å². The summed E-state index contributed by atoms with van der Waals surface area (Å²) in [6, 6.07) is 4.60. The quantitative estimate of drug-likeness (QED) is 0.543. The molecule has 1 amide bonds. The number of hydrogen-bond acceptors (Lipinski definition) is 6. The second kappa shape index (κ2) is 10.8. The lowest BCUT2D eigenvalue weighted by Crippen LogP contribution is -2.57. The average Bonchev–Trinajstić information content (AvgIpc) is 2.77. The van der Waals surface area contributed by atoms with Gasteiger partial charge < -0.3 is 19.1 Å². The van der Waals surface area contributed by atoms with Gasteiger partial charge in [0.15, 0.2) is 11.5 Å². The van der Waals surface area contributed by atoms with Crippen LogP contribution in [-0.4, -0.2) is 93.0 Å². The van der Waals surface area contributed by atoms with Gasteiger partial charge in [0.1, 0.15) is 0 Å². The van der Waals surface area contributed by atoms with Gasteiger partial charge in [-0.2, -0.15) is 25.8 Å². The number of methoxy groups -OCH3 is 1. The fourth-order valence-corrected chi connectivity index (χ4v) is 5.68. The number of hydrogen-bond donors (Lipinski definition) is 0. The van der Waals surface area contributed by atoms with Crippen molar-refractivity contribution in [2.24, 2.45) is 0 Å². The summed E-state index contributed by atoms with van der Waals surface area (Å²) in [7, 11) is -2.32. The van der Waals surface area contributed by atoms with Crippen molar-refractivity contribution < 1.29 is 36.2 Å². The summed E-state index contributed by atoms with van der Waals surface area (Å²) in [5, 5.41) is 0. The summed E-state index contributed by atoms with van der Waals surface area (Å²) in [5.74, 6) is -0.397. The first-order chi connectivity index (χ1) is 15.6. The predicted octanol–water partition coefficient (Wildman–Crippen LogP) is 1.81. The number of alkyl halides is 2. The van der Waals surface area contributed by atoms with Crippen molar-refractivity contribution in [1.82, 2.24) is 13.5 Å². The molecule has 9 nitrogen and oxygen atoms in total. The first kappa shape index (κ1) is 25.3. The predicted molar refractivity (Wildman–Crippen MR) is 117 cm³/mol. The maximum absolute atomic E-state index is 13.0. The number of nitrogens with zero attached hydrogens (tertiary/aromatic N) is 3. The van der Waals surface area contributed by atoms with Crippen LogP contribution < -0.4 is 9.47 Å².